The first-order valence-corrected chi connectivity index (χ1v) is 6.59. The number of hydrogen-bond donors (Lipinski definition) is 2. The predicted octanol–water partition coefficient (Wildman–Crippen LogP) is 2.51. The third kappa shape index (κ3) is 3.72. The molecule has 0 radical (unpaired) electrons. The first-order chi connectivity index (χ1) is 8.49. The number of nitrogens with one attached hydrogen (secondary N) is 1. The molecule has 0 amide bonds. The highest BCUT2D eigenvalue weighted by Crippen LogP contribution is 2.41. The molecule has 3 heteroatoms. The van der Waals surface area contributed by atoms with Crippen LogP contribution in [0.25, 0.3) is 0 Å². The molecule has 0 bridgehead atoms. The van der Waals surface area contributed by atoms with Gasteiger partial charge in [0, 0.05) is 12.6 Å². The summed E-state index contributed by atoms with van der Waals surface area (Å²) in [6, 6.07) is 8.56. The van der Waals surface area contributed by atoms with Gasteiger partial charge in [0.05, 0.1) is 12.7 Å². The van der Waals surface area contributed by atoms with Gasteiger partial charge in [-0.25, -0.2) is 0 Å². The van der Waals surface area contributed by atoms with E-state index in [0.29, 0.717) is 18.5 Å². The van der Waals surface area contributed by atoms with Crippen LogP contribution in [0.15, 0.2) is 24.3 Å². The second-order valence-electron chi connectivity index (χ2n) is 5.78. The summed E-state index contributed by atoms with van der Waals surface area (Å²) in [6.07, 6.45) is 2.55. The third-order valence-electron chi connectivity index (χ3n) is 3.32. The van der Waals surface area contributed by atoms with Gasteiger partial charge in [0.2, 0.25) is 0 Å². The minimum absolute atomic E-state index is 0.349. The zero-order valence-corrected chi connectivity index (χ0v) is 11.4. The molecule has 1 saturated carbocycles. The molecule has 1 unspecified atom stereocenters. The maximum absolute atomic E-state index is 9.82. The Morgan fingerprint density at radius 2 is 1.94 bits per heavy atom. The summed E-state index contributed by atoms with van der Waals surface area (Å²) in [4.78, 5) is 0. The van der Waals surface area contributed by atoms with Crippen molar-refractivity contribution in [2.45, 2.75) is 38.3 Å². The highest BCUT2D eigenvalue weighted by atomic mass is 16.5. The Morgan fingerprint density at radius 1 is 1.33 bits per heavy atom. The third-order valence-corrected chi connectivity index (χ3v) is 3.32. The number of aliphatic hydroxyl groups is 1. The van der Waals surface area contributed by atoms with Crippen LogP contribution in [0.2, 0.25) is 0 Å². The Hall–Kier alpha value is -1.06. The zero-order valence-electron chi connectivity index (χ0n) is 11.4. The van der Waals surface area contributed by atoms with Gasteiger partial charge in [-0.05, 0) is 50.3 Å². The number of ether oxygens (including phenoxy) is 1. The Morgan fingerprint density at radius 3 is 2.39 bits per heavy atom. The summed E-state index contributed by atoms with van der Waals surface area (Å²) in [6.45, 7) is 4.27. The highest BCUT2D eigenvalue weighted by molar-refractivity contribution is 5.30. The second-order valence-corrected chi connectivity index (χ2v) is 5.78. The van der Waals surface area contributed by atoms with Gasteiger partial charge < -0.3 is 15.2 Å². The van der Waals surface area contributed by atoms with E-state index in [-0.39, 0.29) is 0 Å². The summed E-state index contributed by atoms with van der Waals surface area (Å²) in [7, 11) is 1.68. The van der Waals surface area contributed by atoms with Crippen LogP contribution >= 0.6 is 0 Å². The smallest absolute Gasteiger partial charge is 0.118 e. The van der Waals surface area contributed by atoms with Crippen molar-refractivity contribution in [3.05, 3.63) is 29.8 Å². The van der Waals surface area contributed by atoms with Crippen LogP contribution < -0.4 is 10.1 Å². The first kappa shape index (κ1) is 13.4. The molecule has 1 aromatic carbocycles. The monoisotopic (exact) mass is 249 g/mol. The molecular weight excluding hydrogens is 226 g/mol. The molecule has 0 aromatic heterocycles. The number of rotatable bonds is 6. The van der Waals surface area contributed by atoms with Crippen molar-refractivity contribution >= 4 is 0 Å². The van der Waals surface area contributed by atoms with Crippen molar-refractivity contribution in [2.75, 3.05) is 13.7 Å². The number of hydrogen-bond acceptors (Lipinski definition) is 3. The van der Waals surface area contributed by atoms with E-state index in [4.69, 9.17) is 4.74 Å². The van der Waals surface area contributed by atoms with E-state index in [9.17, 15) is 5.11 Å². The van der Waals surface area contributed by atoms with Gasteiger partial charge in [0.15, 0.2) is 0 Å². The summed E-state index contributed by atoms with van der Waals surface area (Å²) < 4.78 is 5.18. The quantitative estimate of drug-likeness (QED) is 0.814. The van der Waals surface area contributed by atoms with Gasteiger partial charge in [-0.1, -0.05) is 12.1 Å². The van der Waals surface area contributed by atoms with E-state index in [2.05, 4.69) is 17.4 Å². The van der Waals surface area contributed by atoms with Gasteiger partial charge in [-0.2, -0.15) is 0 Å². The van der Waals surface area contributed by atoms with Gasteiger partial charge in [0.25, 0.3) is 0 Å². The Bertz CT molecular complexity index is 376. The summed E-state index contributed by atoms with van der Waals surface area (Å²) >= 11 is 0. The summed E-state index contributed by atoms with van der Waals surface area (Å²) in [5.74, 6) is 1.59. The van der Waals surface area contributed by atoms with Crippen LogP contribution in [0.1, 0.15) is 38.3 Å². The lowest BCUT2D eigenvalue weighted by Gasteiger charge is -2.24. The molecule has 0 heterocycles. The van der Waals surface area contributed by atoms with E-state index >= 15 is 0 Å². The lowest BCUT2D eigenvalue weighted by atomic mass is 10.0. The van der Waals surface area contributed by atoms with Crippen molar-refractivity contribution in [1.82, 2.24) is 5.32 Å². The minimum atomic E-state index is -0.667. The largest absolute Gasteiger partial charge is 0.497 e. The van der Waals surface area contributed by atoms with E-state index in [0.717, 1.165) is 5.75 Å². The lowest BCUT2D eigenvalue weighted by molar-refractivity contribution is 0.0754. The first-order valence-electron chi connectivity index (χ1n) is 6.59. The van der Waals surface area contributed by atoms with Gasteiger partial charge in [0.1, 0.15) is 5.75 Å². The normalized spacial score (nSPS) is 17.6. The topological polar surface area (TPSA) is 41.5 Å². The van der Waals surface area contributed by atoms with Crippen molar-refractivity contribution < 1.29 is 9.84 Å². The Balaban J connectivity index is 2.04. The Kier molecular flexibility index (Phi) is 3.93. The fourth-order valence-corrected chi connectivity index (χ4v) is 2.16. The maximum Gasteiger partial charge on any atom is 0.118 e. The van der Waals surface area contributed by atoms with Crippen LogP contribution in [-0.4, -0.2) is 24.4 Å². The van der Waals surface area contributed by atoms with Crippen LogP contribution in [0, 0.1) is 5.92 Å². The molecule has 18 heavy (non-hydrogen) atoms. The molecule has 0 saturated heterocycles. The fourth-order valence-electron chi connectivity index (χ4n) is 2.16. The van der Waals surface area contributed by atoms with Crippen molar-refractivity contribution in [2.24, 2.45) is 5.92 Å². The molecule has 1 aromatic rings. The molecular formula is C15H23NO2. The second kappa shape index (κ2) is 5.29. The maximum atomic E-state index is 9.82. The predicted molar refractivity (Wildman–Crippen MR) is 72.8 cm³/mol. The molecule has 0 aliphatic heterocycles. The van der Waals surface area contributed by atoms with E-state index in [1.165, 1.54) is 18.4 Å². The molecule has 3 nitrogen and oxygen atoms in total. The standard InChI is InChI=1S/C15H23NO2/c1-15(2,17)10-16-14(11-4-5-11)12-6-8-13(18-3)9-7-12/h6-9,11,14,16-17H,4-5,10H2,1-3H3. The minimum Gasteiger partial charge on any atom is -0.497 e. The van der Waals surface area contributed by atoms with E-state index in [1.54, 1.807) is 7.11 Å². The zero-order chi connectivity index (χ0) is 13.2. The van der Waals surface area contributed by atoms with Crippen LogP contribution in [0.4, 0.5) is 0 Å². The van der Waals surface area contributed by atoms with Crippen molar-refractivity contribution in [3.63, 3.8) is 0 Å². The molecule has 1 aliphatic carbocycles. The van der Waals surface area contributed by atoms with Gasteiger partial charge >= 0.3 is 0 Å². The highest BCUT2D eigenvalue weighted by Gasteiger charge is 2.32. The number of benzene rings is 1. The molecule has 0 spiro atoms. The summed E-state index contributed by atoms with van der Waals surface area (Å²) in [5.41, 5.74) is 0.613. The van der Waals surface area contributed by atoms with E-state index in [1.807, 2.05) is 26.0 Å². The summed E-state index contributed by atoms with van der Waals surface area (Å²) in [5, 5.41) is 13.3. The average molecular weight is 249 g/mol. The Labute approximate surface area is 109 Å². The molecule has 1 atom stereocenters. The SMILES string of the molecule is COc1ccc(C(NCC(C)(C)O)C2CC2)cc1. The lowest BCUT2D eigenvalue weighted by Crippen LogP contribution is -2.37. The molecule has 1 fully saturated rings. The van der Waals surface area contributed by atoms with Gasteiger partial charge in [-0.3, -0.25) is 0 Å². The van der Waals surface area contributed by atoms with Crippen molar-refractivity contribution in [1.29, 1.82) is 0 Å². The fraction of sp³-hybridized carbons (Fsp3) is 0.600. The number of methoxy groups -OCH3 is 1. The molecule has 2 rings (SSSR count). The van der Waals surface area contributed by atoms with Crippen LogP contribution in [0.5, 0.6) is 5.75 Å². The molecule has 2 N–H and O–H groups in total. The van der Waals surface area contributed by atoms with Crippen LogP contribution in [0.3, 0.4) is 0 Å². The molecule has 1 aliphatic rings. The van der Waals surface area contributed by atoms with Gasteiger partial charge in [-0.15, -0.1) is 0 Å². The van der Waals surface area contributed by atoms with Crippen molar-refractivity contribution in [3.8, 4) is 5.75 Å². The molecule has 100 valence electrons. The van der Waals surface area contributed by atoms with E-state index < -0.39 is 5.60 Å². The average Bonchev–Trinajstić information content (AvgIpc) is 3.13. The van der Waals surface area contributed by atoms with Crippen LogP contribution in [-0.2, 0) is 0 Å².